The second-order valence-corrected chi connectivity index (χ2v) is 4.23. The highest BCUT2D eigenvalue weighted by Crippen LogP contribution is 2.32. The first-order valence-corrected chi connectivity index (χ1v) is 5.84. The number of hydrogen-bond acceptors (Lipinski definition) is 3. The number of hydrogen-bond donors (Lipinski definition) is 1. The average Bonchev–Trinajstić information content (AvgIpc) is 2.37. The maximum atomic E-state index is 13.6. The number of benzene rings is 1. The van der Waals surface area contributed by atoms with Crippen molar-refractivity contribution in [3.05, 3.63) is 51.9 Å². The van der Waals surface area contributed by atoms with Crippen LogP contribution in [-0.2, 0) is 6.54 Å². The van der Waals surface area contributed by atoms with Gasteiger partial charge < -0.3 is 10.5 Å². The third kappa shape index (κ3) is 2.56. The topological polar surface area (TPSA) is 48.1 Å². The van der Waals surface area contributed by atoms with Crippen LogP contribution in [-0.4, -0.2) is 4.98 Å². The minimum atomic E-state index is -0.657. The number of nitrogens with two attached hydrogens (primary N) is 1. The van der Waals surface area contributed by atoms with Crippen molar-refractivity contribution in [2.24, 2.45) is 5.73 Å². The Morgan fingerprint density at radius 3 is 2.78 bits per heavy atom. The summed E-state index contributed by atoms with van der Waals surface area (Å²) in [7, 11) is 0. The van der Waals surface area contributed by atoms with E-state index < -0.39 is 5.82 Å². The summed E-state index contributed by atoms with van der Waals surface area (Å²) in [6, 6.07) is 6.11. The van der Waals surface area contributed by atoms with Crippen LogP contribution in [0.5, 0.6) is 11.6 Å². The van der Waals surface area contributed by atoms with E-state index in [1.807, 2.05) is 0 Å². The van der Waals surface area contributed by atoms with Crippen LogP contribution in [0.4, 0.5) is 4.39 Å². The van der Waals surface area contributed by atoms with Gasteiger partial charge in [0.2, 0.25) is 5.88 Å². The van der Waals surface area contributed by atoms with Gasteiger partial charge in [-0.05, 0) is 23.8 Å². The number of rotatable bonds is 3. The van der Waals surface area contributed by atoms with E-state index in [1.54, 1.807) is 12.1 Å². The second kappa shape index (κ2) is 5.52. The largest absolute Gasteiger partial charge is 0.434 e. The van der Waals surface area contributed by atoms with Crippen molar-refractivity contribution in [1.82, 2.24) is 4.98 Å². The van der Waals surface area contributed by atoms with Crippen molar-refractivity contribution >= 4 is 23.2 Å². The summed E-state index contributed by atoms with van der Waals surface area (Å²) in [5, 5.41) is 0.234. The number of nitrogens with zero attached hydrogens (tertiary/aromatic N) is 1. The minimum Gasteiger partial charge on any atom is -0.434 e. The molecule has 18 heavy (non-hydrogen) atoms. The van der Waals surface area contributed by atoms with Crippen LogP contribution in [0.1, 0.15) is 5.56 Å². The van der Waals surface area contributed by atoms with E-state index in [-0.39, 0.29) is 28.2 Å². The highest BCUT2D eigenvalue weighted by molar-refractivity contribution is 6.32. The molecule has 0 saturated heterocycles. The molecule has 1 heterocycles. The third-order valence-corrected chi connectivity index (χ3v) is 2.98. The Hall–Kier alpha value is -1.36. The molecule has 94 valence electrons. The molecule has 0 amide bonds. The van der Waals surface area contributed by atoms with Gasteiger partial charge in [-0.1, -0.05) is 29.3 Å². The summed E-state index contributed by atoms with van der Waals surface area (Å²) < 4.78 is 19.0. The fourth-order valence-corrected chi connectivity index (χ4v) is 1.75. The fourth-order valence-electron chi connectivity index (χ4n) is 1.36. The molecule has 2 N–H and O–H groups in total. The van der Waals surface area contributed by atoms with Crippen LogP contribution >= 0.6 is 23.2 Å². The van der Waals surface area contributed by atoms with Gasteiger partial charge in [0.05, 0.1) is 5.02 Å². The molecule has 3 nitrogen and oxygen atoms in total. The Labute approximate surface area is 113 Å². The number of halogens is 3. The van der Waals surface area contributed by atoms with Gasteiger partial charge in [0.25, 0.3) is 0 Å². The Morgan fingerprint density at radius 1 is 1.28 bits per heavy atom. The predicted octanol–water partition coefficient (Wildman–Crippen LogP) is 3.78. The van der Waals surface area contributed by atoms with Crippen molar-refractivity contribution in [3.63, 3.8) is 0 Å². The second-order valence-electron chi connectivity index (χ2n) is 3.45. The van der Waals surface area contributed by atoms with Crippen molar-refractivity contribution in [2.45, 2.75) is 6.54 Å². The van der Waals surface area contributed by atoms with Crippen LogP contribution in [0.25, 0.3) is 0 Å². The van der Waals surface area contributed by atoms with Gasteiger partial charge in [0.1, 0.15) is 5.02 Å². The van der Waals surface area contributed by atoms with Gasteiger partial charge in [-0.3, -0.25) is 0 Å². The van der Waals surface area contributed by atoms with Crippen molar-refractivity contribution < 1.29 is 9.13 Å². The molecule has 0 aliphatic heterocycles. The molecule has 1 aromatic carbocycles. The van der Waals surface area contributed by atoms with Crippen LogP contribution in [0, 0.1) is 5.82 Å². The van der Waals surface area contributed by atoms with Gasteiger partial charge in [-0.15, -0.1) is 0 Å². The van der Waals surface area contributed by atoms with E-state index in [9.17, 15) is 4.39 Å². The maximum Gasteiger partial charge on any atom is 0.238 e. The van der Waals surface area contributed by atoms with Crippen LogP contribution in [0.3, 0.4) is 0 Å². The molecule has 0 fully saturated rings. The molecular formula is C12H9Cl2FN2O. The van der Waals surface area contributed by atoms with Crippen molar-refractivity contribution in [1.29, 1.82) is 0 Å². The highest BCUT2D eigenvalue weighted by Gasteiger charge is 2.13. The zero-order chi connectivity index (χ0) is 13.1. The summed E-state index contributed by atoms with van der Waals surface area (Å²) in [6.07, 6.45) is 1.49. The summed E-state index contributed by atoms with van der Waals surface area (Å²) in [6.45, 7) is 0.246. The molecule has 0 atom stereocenters. The molecule has 2 rings (SSSR count). The van der Waals surface area contributed by atoms with Crippen LogP contribution < -0.4 is 10.5 Å². The van der Waals surface area contributed by atoms with Crippen molar-refractivity contribution in [3.8, 4) is 11.6 Å². The van der Waals surface area contributed by atoms with E-state index in [0.717, 1.165) is 0 Å². The zero-order valence-corrected chi connectivity index (χ0v) is 10.7. The average molecular weight is 287 g/mol. The summed E-state index contributed by atoms with van der Waals surface area (Å²) in [4.78, 5) is 3.93. The molecule has 0 aliphatic carbocycles. The molecule has 6 heteroatoms. The van der Waals surface area contributed by atoms with Gasteiger partial charge in [0.15, 0.2) is 11.6 Å². The van der Waals surface area contributed by atoms with E-state index in [0.29, 0.717) is 5.56 Å². The lowest BCUT2D eigenvalue weighted by molar-refractivity contribution is 0.427. The first kappa shape index (κ1) is 13.1. The smallest absolute Gasteiger partial charge is 0.238 e. The molecule has 0 saturated carbocycles. The van der Waals surface area contributed by atoms with E-state index in [2.05, 4.69) is 4.98 Å². The van der Waals surface area contributed by atoms with Crippen LogP contribution in [0.2, 0.25) is 10.0 Å². The lowest BCUT2D eigenvalue weighted by Crippen LogP contribution is -2.00. The first-order chi connectivity index (χ1) is 8.63. The van der Waals surface area contributed by atoms with Crippen LogP contribution in [0.15, 0.2) is 30.5 Å². The predicted molar refractivity (Wildman–Crippen MR) is 68.6 cm³/mol. The molecule has 0 bridgehead atoms. The lowest BCUT2D eigenvalue weighted by atomic mass is 10.2. The Bertz CT molecular complexity index is 578. The monoisotopic (exact) mass is 286 g/mol. The van der Waals surface area contributed by atoms with Gasteiger partial charge in [-0.2, -0.15) is 0 Å². The normalized spacial score (nSPS) is 10.4. The fraction of sp³-hybridized carbons (Fsp3) is 0.0833. The summed E-state index contributed by atoms with van der Waals surface area (Å²) >= 11 is 11.7. The number of pyridine rings is 1. The third-order valence-electron chi connectivity index (χ3n) is 2.28. The van der Waals surface area contributed by atoms with Gasteiger partial charge >= 0.3 is 0 Å². The molecule has 0 unspecified atom stereocenters. The Balaban J connectivity index is 2.37. The minimum absolute atomic E-state index is 0.0291. The number of aromatic nitrogens is 1. The van der Waals surface area contributed by atoms with E-state index >= 15 is 0 Å². The summed E-state index contributed by atoms with van der Waals surface area (Å²) in [5.41, 5.74) is 6.17. The van der Waals surface area contributed by atoms with Gasteiger partial charge in [0, 0.05) is 12.7 Å². The zero-order valence-electron chi connectivity index (χ0n) is 9.16. The van der Waals surface area contributed by atoms with Crippen molar-refractivity contribution in [2.75, 3.05) is 0 Å². The van der Waals surface area contributed by atoms with Gasteiger partial charge in [-0.25, -0.2) is 9.37 Å². The molecule has 2 aromatic rings. The molecule has 1 aromatic heterocycles. The van der Waals surface area contributed by atoms with E-state index in [4.69, 9.17) is 33.7 Å². The number of ether oxygens (including phenoxy) is 1. The SMILES string of the molecule is NCc1ccnc(Oc2cccc(Cl)c2F)c1Cl. The Morgan fingerprint density at radius 2 is 2.06 bits per heavy atom. The lowest BCUT2D eigenvalue weighted by Gasteiger charge is -2.09. The first-order valence-electron chi connectivity index (χ1n) is 5.08. The molecular weight excluding hydrogens is 278 g/mol. The Kier molecular flexibility index (Phi) is 4.01. The standard InChI is InChI=1S/C12H9Cl2FN2O/c13-8-2-1-3-9(11(8)15)18-12-10(14)7(6-16)4-5-17-12/h1-5H,6,16H2. The summed E-state index contributed by atoms with van der Waals surface area (Å²) in [5.74, 6) is -0.595. The quantitative estimate of drug-likeness (QED) is 0.934. The highest BCUT2D eigenvalue weighted by atomic mass is 35.5. The molecule has 0 radical (unpaired) electrons. The molecule has 0 aliphatic rings. The van der Waals surface area contributed by atoms with E-state index in [1.165, 1.54) is 18.3 Å². The maximum absolute atomic E-state index is 13.6. The molecule has 0 spiro atoms.